The van der Waals surface area contributed by atoms with Crippen LogP contribution in [0.5, 0.6) is 0 Å². The van der Waals surface area contributed by atoms with Gasteiger partial charge in [-0.1, -0.05) is 36.9 Å². The van der Waals surface area contributed by atoms with Crippen LogP contribution in [0.2, 0.25) is 0 Å². The lowest BCUT2D eigenvalue weighted by Gasteiger charge is -2.11. The van der Waals surface area contributed by atoms with Crippen molar-refractivity contribution in [2.75, 3.05) is 0 Å². The van der Waals surface area contributed by atoms with Crippen LogP contribution in [-0.2, 0) is 16.0 Å². The fourth-order valence-electron chi connectivity index (χ4n) is 1.68. The Bertz CT molecular complexity index is 434. The molecule has 4 nitrogen and oxygen atoms in total. The van der Waals surface area contributed by atoms with Gasteiger partial charge in [0.2, 0.25) is 0 Å². The molecule has 1 aromatic rings. The Kier molecular flexibility index (Phi) is 5.11. The van der Waals surface area contributed by atoms with Crippen molar-refractivity contribution in [3.63, 3.8) is 0 Å². The molecule has 0 bridgehead atoms. The van der Waals surface area contributed by atoms with E-state index in [1.54, 1.807) is 6.08 Å². The van der Waals surface area contributed by atoms with Gasteiger partial charge in [0.25, 0.3) is 0 Å². The van der Waals surface area contributed by atoms with Crippen molar-refractivity contribution in [2.24, 2.45) is 5.92 Å². The Balaban J connectivity index is 2.67. The van der Waals surface area contributed by atoms with Crippen molar-refractivity contribution in [1.29, 1.82) is 0 Å². The monoisotopic (exact) mass is 248 g/mol. The smallest absolute Gasteiger partial charge is 0.306 e. The highest BCUT2D eigenvalue weighted by Crippen LogP contribution is 2.16. The van der Waals surface area contributed by atoms with Crippen LogP contribution in [0, 0.1) is 5.92 Å². The Morgan fingerprint density at radius 3 is 2.28 bits per heavy atom. The Hall–Kier alpha value is -2.10. The summed E-state index contributed by atoms with van der Waals surface area (Å²) in [6.45, 7) is 3.64. The summed E-state index contributed by atoms with van der Waals surface area (Å²) in [5, 5.41) is 17.6. The number of carboxylic acids is 2. The summed E-state index contributed by atoms with van der Waals surface area (Å²) in [5.74, 6) is -2.58. The van der Waals surface area contributed by atoms with E-state index in [9.17, 15) is 9.59 Å². The van der Waals surface area contributed by atoms with Gasteiger partial charge in [0.15, 0.2) is 0 Å². The zero-order valence-corrected chi connectivity index (χ0v) is 10.0. The molecule has 1 rings (SSSR count). The lowest BCUT2D eigenvalue weighted by atomic mass is 9.94. The van der Waals surface area contributed by atoms with Crippen LogP contribution in [0.15, 0.2) is 30.8 Å². The normalized spacial score (nSPS) is 11.8. The Morgan fingerprint density at radius 1 is 1.22 bits per heavy atom. The van der Waals surface area contributed by atoms with Crippen LogP contribution in [0.4, 0.5) is 0 Å². The molecule has 0 aliphatic heterocycles. The van der Waals surface area contributed by atoms with E-state index in [1.807, 2.05) is 24.3 Å². The van der Waals surface area contributed by atoms with Gasteiger partial charge in [0.05, 0.1) is 5.92 Å². The van der Waals surface area contributed by atoms with E-state index in [-0.39, 0.29) is 12.8 Å². The summed E-state index contributed by atoms with van der Waals surface area (Å²) in [7, 11) is 0. The number of carboxylic acid groups (broad SMARTS) is 2. The molecule has 0 fully saturated rings. The lowest BCUT2D eigenvalue weighted by Crippen LogP contribution is -2.17. The van der Waals surface area contributed by atoms with Crippen LogP contribution in [0.1, 0.15) is 24.0 Å². The number of hydrogen-bond donors (Lipinski definition) is 2. The largest absolute Gasteiger partial charge is 0.481 e. The lowest BCUT2D eigenvalue weighted by molar-refractivity contribution is -0.142. The minimum Gasteiger partial charge on any atom is -0.481 e. The van der Waals surface area contributed by atoms with Crippen molar-refractivity contribution < 1.29 is 19.8 Å². The summed E-state index contributed by atoms with van der Waals surface area (Å²) in [4.78, 5) is 21.5. The molecule has 1 aromatic carbocycles. The molecule has 0 spiro atoms. The van der Waals surface area contributed by atoms with E-state index >= 15 is 0 Å². The molecule has 0 aliphatic rings. The van der Waals surface area contributed by atoms with Crippen molar-refractivity contribution in [3.05, 3.63) is 42.0 Å². The molecule has 1 atom stereocenters. The number of rotatable bonds is 7. The number of benzene rings is 1. The average Bonchev–Trinajstić information content (AvgIpc) is 2.34. The van der Waals surface area contributed by atoms with Gasteiger partial charge < -0.3 is 10.2 Å². The van der Waals surface area contributed by atoms with Gasteiger partial charge in [-0.05, 0) is 24.0 Å². The summed E-state index contributed by atoms with van der Waals surface area (Å²) in [5.41, 5.74) is 1.86. The van der Waals surface area contributed by atoms with Crippen LogP contribution < -0.4 is 0 Å². The van der Waals surface area contributed by atoms with Gasteiger partial charge in [-0.15, -0.1) is 0 Å². The van der Waals surface area contributed by atoms with E-state index in [0.717, 1.165) is 11.1 Å². The second-order valence-electron chi connectivity index (χ2n) is 4.12. The molecule has 0 aliphatic carbocycles. The number of hydrogen-bond acceptors (Lipinski definition) is 2. The highest BCUT2D eigenvalue weighted by atomic mass is 16.4. The van der Waals surface area contributed by atoms with E-state index in [0.29, 0.717) is 6.42 Å². The minimum atomic E-state index is -0.969. The third-order valence-corrected chi connectivity index (χ3v) is 2.75. The van der Waals surface area contributed by atoms with Crippen molar-refractivity contribution in [1.82, 2.24) is 0 Å². The molecule has 0 heterocycles. The molecule has 0 saturated carbocycles. The zero-order valence-electron chi connectivity index (χ0n) is 10.0. The molecule has 0 radical (unpaired) electrons. The van der Waals surface area contributed by atoms with Crippen LogP contribution in [0.25, 0.3) is 6.08 Å². The summed E-state index contributed by atoms with van der Waals surface area (Å²) < 4.78 is 0. The predicted molar refractivity (Wildman–Crippen MR) is 68.2 cm³/mol. The first-order valence-corrected chi connectivity index (χ1v) is 5.69. The Morgan fingerprint density at radius 2 is 1.83 bits per heavy atom. The van der Waals surface area contributed by atoms with Gasteiger partial charge >= 0.3 is 11.9 Å². The van der Waals surface area contributed by atoms with E-state index in [2.05, 4.69) is 6.58 Å². The quantitative estimate of drug-likeness (QED) is 0.777. The summed E-state index contributed by atoms with van der Waals surface area (Å²) in [6.07, 6.45) is 2.08. The van der Waals surface area contributed by atoms with Gasteiger partial charge in [-0.2, -0.15) is 0 Å². The Labute approximate surface area is 106 Å². The molecule has 0 saturated heterocycles. The summed E-state index contributed by atoms with van der Waals surface area (Å²) >= 11 is 0. The van der Waals surface area contributed by atoms with Gasteiger partial charge in [0.1, 0.15) is 0 Å². The highest BCUT2D eigenvalue weighted by molar-refractivity contribution is 5.72. The maximum Gasteiger partial charge on any atom is 0.306 e. The molecular formula is C14H16O4. The van der Waals surface area contributed by atoms with Crippen LogP contribution in [0.3, 0.4) is 0 Å². The molecule has 18 heavy (non-hydrogen) atoms. The number of aliphatic carboxylic acids is 2. The van der Waals surface area contributed by atoms with Crippen LogP contribution >= 0.6 is 0 Å². The molecular weight excluding hydrogens is 232 g/mol. The maximum atomic E-state index is 11.0. The molecule has 2 N–H and O–H groups in total. The highest BCUT2D eigenvalue weighted by Gasteiger charge is 2.19. The van der Waals surface area contributed by atoms with E-state index in [1.165, 1.54) is 0 Å². The predicted octanol–water partition coefficient (Wildman–Crippen LogP) is 2.44. The maximum absolute atomic E-state index is 11.0. The van der Waals surface area contributed by atoms with Crippen molar-refractivity contribution in [2.45, 2.75) is 19.3 Å². The van der Waals surface area contributed by atoms with Crippen molar-refractivity contribution >= 4 is 18.0 Å². The zero-order chi connectivity index (χ0) is 13.5. The standard InChI is InChI=1S/C14H16O4/c1-2-10-3-5-11(6-4-10)9-12(14(17)18)7-8-13(15)16/h2-6,12H,1,7-9H2,(H,15,16)(H,17,18). The molecule has 0 aromatic heterocycles. The molecule has 96 valence electrons. The second-order valence-corrected chi connectivity index (χ2v) is 4.12. The first-order valence-electron chi connectivity index (χ1n) is 5.69. The fourth-order valence-corrected chi connectivity index (χ4v) is 1.68. The third-order valence-electron chi connectivity index (χ3n) is 2.75. The topological polar surface area (TPSA) is 74.6 Å². The van der Waals surface area contributed by atoms with E-state index in [4.69, 9.17) is 10.2 Å². The molecule has 1 unspecified atom stereocenters. The SMILES string of the molecule is C=Cc1ccc(CC(CCC(=O)O)C(=O)O)cc1. The van der Waals surface area contributed by atoms with Crippen LogP contribution in [-0.4, -0.2) is 22.2 Å². The molecule has 4 heteroatoms. The third kappa shape index (κ3) is 4.41. The number of carbonyl (C=O) groups is 2. The molecule has 0 amide bonds. The second kappa shape index (κ2) is 6.59. The van der Waals surface area contributed by atoms with E-state index < -0.39 is 17.9 Å². The van der Waals surface area contributed by atoms with Gasteiger partial charge in [-0.25, -0.2) is 0 Å². The summed E-state index contributed by atoms with van der Waals surface area (Å²) in [6, 6.07) is 7.40. The minimum absolute atomic E-state index is 0.123. The first kappa shape index (κ1) is 14.0. The fraction of sp³-hybridized carbons (Fsp3) is 0.286. The average molecular weight is 248 g/mol. The first-order chi connectivity index (χ1) is 8.52. The van der Waals surface area contributed by atoms with Gasteiger partial charge in [-0.3, -0.25) is 9.59 Å². The van der Waals surface area contributed by atoms with Crippen molar-refractivity contribution in [3.8, 4) is 0 Å². The van der Waals surface area contributed by atoms with Gasteiger partial charge in [0, 0.05) is 6.42 Å².